The second-order valence-electron chi connectivity index (χ2n) is 4.61. The molecule has 0 saturated heterocycles. The van der Waals surface area contributed by atoms with Gasteiger partial charge in [-0.2, -0.15) is 0 Å². The van der Waals surface area contributed by atoms with Gasteiger partial charge in [-0.05, 0) is 54.4 Å². The molecule has 1 atom stereocenters. The van der Waals surface area contributed by atoms with Gasteiger partial charge in [0.2, 0.25) is 0 Å². The Labute approximate surface area is 142 Å². The molecule has 0 heterocycles. The summed E-state index contributed by atoms with van der Waals surface area (Å²) in [6, 6.07) is 14.6. The molecule has 0 aromatic heterocycles. The van der Waals surface area contributed by atoms with Crippen molar-refractivity contribution in [3.05, 3.63) is 67.6 Å². The molecule has 4 heteroatoms. The number of rotatable bonds is 5. The molecule has 0 radical (unpaired) electrons. The molecule has 0 spiro atoms. The predicted molar refractivity (Wildman–Crippen MR) is 93.4 cm³/mol. The molecular weight excluding hydrogens is 401 g/mol. The average molecular weight is 418 g/mol. The fourth-order valence-corrected chi connectivity index (χ4v) is 3.37. The second kappa shape index (κ2) is 7.60. The van der Waals surface area contributed by atoms with Gasteiger partial charge < -0.3 is 5.32 Å². The third-order valence-electron chi connectivity index (χ3n) is 3.11. The highest BCUT2D eigenvalue weighted by molar-refractivity contribution is 9.10. The summed E-state index contributed by atoms with van der Waals surface area (Å²) in [6.45, 7) is 3.03. The topological polar surface area (TPSA) is 12.0 Å². The minimum absolute atomic E-state index is 0.238. The van der Waals surface area contributed by atoms with E-state index in [1.54, 1.807) is 0 Å². The van der Waals surface area contributed by atoms with Crippen molar-refractivity contribution in [2.24, 2.45) is 0 Å². The smallest absolute Gasteiger partial charge is 0.0410 e. The van der Waals surface area contributed by atoms with Crippen LogP contribution >= 0.6 is 43.5 Å². The first-order valence-corrected chi connectivity index (χ1v) is 8.49. The van der Waals surface area contributed by atoms with Crippen molar-refractivity contribution in [3.8, 4) is 0 Å². The van der Waals surface area contributed by atoms with Gasteiger partial charge in [0.15, 0.2) is 0 Å². The molecule has 0 aliphatic carbocycles. The van der Waals surface area contributed by atoms with Gasteiger partial charge in [-0.1, -0.05) is 62.5 Å². The van der Waals surface area contributed by atoms with E-state index < -0.39 is 0 Å². The highest BCUT2D eigenvalue weighted by Crippen LogP contribution is 2.29. The third-order valence-corrected chi connectivity index (χ3v) is 4.56. The van der Waals surface area contributed by atoms with Crippen LogP contribution in [0.1, 0.15) is 24.1 Å². The van der Waals surface area contributed by atoms with E-state index in [1.165, 1.54) is 11.1 Å². The van der Waals surface area contributed by atoms with E-state index in [4.69, 9.17) is 11.6 Å². The van der Waals surface area contributed by atoms with Crippen molar-refractivity contribution in [2.45, 2.75) is 19.4 Å². The number of likely N-dealkylation sites (N-methyl/N-ethyl adjacent to an activating group) is 1. The first-order chi connectivity index (χ1) is 9.60. The zero-order valence-electron chi connectivity index (χ0n) is 11.2. The lowest BCUT2D eigenvalue weighted by Gasteiger charge is -2.20. The van der Waals surface area contributed by atoms with Crippen LogP contribution in [0.25, 0.3) is 0 Å². The van der Waals surface area contributed by atoms with Gasteiger partial charge in [0.25, 0.3) is 0 Å². The zero-order chi connectivity index (χ0) is 14.5. The van der Waals surface area contributed by atoms with Crippen LogP contribution < -0.4 is 5.32 Å². The standard InChI is InChI=1S/C16H16Br2ClN/c1-2-20-16(9-11-4-3-5-12(17)8-11)14-10-13(19)6-7-15(14)18/h3-8,10,16,20H,2,9H2,1H3. The Balaban J connectivity index is 2.29. The van der Waals surface area contributed by atoms with E-state index in [0.717, 1.165) is 26.9 Å². The SMILES string of the molecule is CCNC(Cc1cccc(Br)c1)c1cc(Cl)ccc1Br. The average Bonchev–Trinajstić information content (AvgIpc) is 2.41. The normalized spacial score (nSPS) is 12.4. The Morgan fingerprint density at radius 2 is 1.95 bits per heavy atom. The Morgan fingerprint density at radius 1 is 1.15 bits per heavy atom. The number of nitrogens with one attached hydrogen (secondary N) is 1. The molecule has 2 aromatic carbocycles. The van der Waals surface area contributed by atoms with Crippen molar-refractivity contribution < 1.29 is 0 Å². The Kier molecular flexibility index (Phi) is 6.09. The summed E-state index contributed by atoms with van der Waals surface area (Å²) in [5.41, 5.74) is 2.48. The Bertz CT molecular complexity index is 586. The van der Waals surface area contributed by atoms with Gasteiger partial charge in [-0.25, -0.2) is 0 Å². The van der Waals surface area contributed by atoms with Crippen LogP contribution in [0.2, 0.25) is 5.02 Å². The molecule has 20 heavy (non-hydrogen) atoms. The third kappa shape index (κ3) is 4.32. The quantitative estimate of drug-likeness (QED) is 0.652. The predicted octanol–water partition coefficient (Wildman–Crippen LogP) is 5.76. The van der Waals surface area contributed by atoms with Crippen molar-refractivity contribution in [3.63, 3.8) is 0 Å². The maximum Gasteiger partial charge on any atom is 0.0410 e. The van der Waals surface area contributed by atoms with Crippen molar-refractivity contribution in [1.82, 2.24) is 5.32 Å². The molecule has 1 N–H and O–H groups in total. The van der Waals surface area contributed by atoms with Crippen LogP contribution in [-0.2, 0) is 6.42 Å². The van der Waals surface area contributed by atoms with E-state index >= 15 is 0 Å². The fourth-order valence-electron chi connectivity index (χ4n) is 2.22. The van der Waals surface area contributed by atoms with Gasteiger partial charge >= 0.3 is 0 Å². The number of halogens is 3. The van der Waals surface area contributed by atoms with Crippen LogP contribution in [0.3, 0.4) is 0 Å². The molecule has 0 aliphatic rings. The molecule has 1 nitrogen and oxygen atoms in total. The molecule has 2 rings (SSSR count). The maximum atomic E-state index is 6.13. The molecule has 0 fully saturated rings. The summed E-state index contributed by atoms with van der Waals surface area (Å²) in [5.74, 6) is 0. The van der Waals surface area contributed by atoms with Crippen molar-refractivity contribution in [2.75, 3.05) is 6.54 Å². The molecule has 106 valence electrons. The van der Waals surface area contributed by atoms with E-state index in [9.17, 15) is 0 Å². The van der Waals surface area contributed by atoms with E-state index in [0.29, 0.717) is 0 Å². The summed E-state index contributed by atoms with van der Waals surface area (Å²) >= 11 is 13.3. The summed E-state index contributed by atoms with van der Waals surface area (Å²) in [7, 11) is 0. The molecular formula is C16H16Br2ClN. The maximum absolute atomic E-state index is 6.13. The minimum Gasteiger partial charge on any atom is -0.310 e. The highest BCUT2D eigenvalue weighted by Gasteiger charge is 2.15. The van der Waals surface area contributed by atoms with Crippen LogP contribution in [0.5, 0.6) is 0 Å². The first kappa shape index (κ1) is 16.0. The number of hydrogen-bond acceptors (Lipinski definition) is 1. The van der Waals surface area contributed by atoms with Gasteiger partial charge in [-0.15, -0.1) is 0 Å². The minimum atomic E-state index is 0.238. The van der Waals surface area contributed by atoms with Crippen LogP contribution in [0, 0.1) is 0 Å². The Hall–Kier alpha value is -0.350. The molecule has 0 saturated carbocycles. The number of hydrogen-bond donors (Lipinski definition) is 1. The van der Waals surface area contributed by atoms with Crippen molar-refractivity contribution >= 4 is 43.5 Å². The molecule has 1 unspecified atom stereocenters. The van der Waals surface area contributed by atoms with E-state index in [-0.39, 0.29) is 6.04 Å². The highest BCUT2D eigenvalue weighted by atomic mass is 79.9. The monoisotopic (exact) mass is 415 g/mol. The van der Waals surface area contributed by atoms with Gasteiger partial charge in [0, 0.05) is 20.0 Å². The largest absolute Gasteiger partial charge is 0.310 e. The number of benzene rings is 2. The molecule has 0 aliphatic heterocycles. The fraction of sp³-hybridized carbons (Fsp3) is 0.250. The van der Waals surface area contributed by atoms with E-state index in [2.05, 4.69) is 62.3 Å². The van der Waals surface area contributed by atoms with Crippen LogP contribution in [0.15, 0.2) is 51.4 Å². The lowest BCUT2D eigenvalue weighted by atomic mass is 9.99. The zero-order valence-corrected chi connectivity index (χ0v) is 15.1. The van der Waals surface area contributed by atoms with Gasteiger partial charge in [0.1, 0.15) is 0 Å². The van der Waals surface area contributed by atoms with Crippen LogP contribution in [0.4, 0.5) is 0 Å². The Morgan fingerprint density at radius 3 is 2.65 bits per heavy atom. The summed E-state index contributed by atoms with van der Waals surface area (Å²) in [6.07, 6.45) is 0.923. The molecule has 0 bridgehead atoms. The lowest BCUT2D eigenvalue weighted by Crippen LogP contribution is -2.23. The summed E-state index contributed by atoms with van der Waals surface area (Å²) < 4.78 is 2.19. The summed E-state index contributed by atoms with van der Waals surface area (Å²) in [4.78, 5) is 0. The summed E-state index contributed by atoms with van der Waals surface area (Å²) in [5, 5.41) is 4.30. The van der Waals surface area contributed by atoms with Crippen molar-refractivity contribution in [1.29, 1.82) is 0 Å². The van der Waals surface area contributed by atoms with Gasteiger partial charge in [-0.3, -0.25) is 0 Å². The second-order valence-corrected chi connectivity index (χ2v) is 6.82. The molecule has 2 aromatic rings. The first-order valence-electron chi connectivity index (χ1n) is 6.53. The molecule has 0 amide bonds. The van der Waals surface area contributed by atoms with Gasteiger partial charge in [0.05, 0.1) is 0 Å². The van der Waals surface area contributed by atoms with Crippen LogP contribution in [-0.4, -0.2) is 6.54 Å². The van der Waals surface area contributed by atoms with E-state index in [1.807, 2.05) is 24.3 Å². The lowest BCUT2D eigenvalue weighted by molar-refractivity contribution is 0.548.